The molecule has 6 nitrogen and oxygen atoms in total. The second-order valence-electron chi connectivity index (χ2n) is 7.30. The van der Waals surface area contributed by atoms with Crippen LogP contribution in [-0.4, -0.2) is 44.2 Å². The van der Waals surface area contributed by atoms with Crippen LogP contribution in [0.15, 0.2) is 60.8 Å². The monoisotopic (exact) mass is 402 g/mol. The molecule has 2 heterocycles. The molecule has 6 heteroatoms. The number of hydrogen-bond acceptors (Lipinski definition) is 5. The van der Waals surface area contributed by atoms with Crippen LogP contribution in [0.3, 0.4) is 0 Å². The van der Waals surface area contributed by atoms with Gasteiger partial charge in [-0.2, -0.15) is 0 Å². The van der Waals surface area contributed by atoms with Gasteiger partial charge in [-0.1, -0.05) is 24.3 Å². The largest absolute Gasteiger partial charge is 0.497 e. The number of anilines is 2. The Morgan fingerprint density at radius 2 is 1.83 bits per heavy atom. The molecular weight excluding hydrogens is 376 g/mol. The average Bonchev–Trinajstić information content (AvgIpc) is 2.81. The molecule has 3 aromatic rings. The fourth-order valence-electron chi connectivity index (χ4n) is 3.65. The molecule has 1 aliphatic rings. The van der Waals surface area contributed by atoms with Crippen LogP contribution < -0.4 is 20.3 Å². The Hall–Kier alpha value is -3.38. The summed E-state index contributed by atoms with van der Waals surface area (Å²) < 4.78 is 5.24. The van der Waals surface area contributed by atoms with Gasteiger partial charge in [0.2, 0.25) is 0 Å². The van der Waals surface area contributed by atoms with Crippen LogP contribution in [0, 0.1) is 6.92 Å². The fourth-order valence-corrected chi connectivity index (χ4v) is 3.65. The molecule has 1 aliphatic heterocycles. The van der Waals surface area contributed by atoms with Crippen LogP contribution in [0.4, 0.5) is 11.5 Å². The van der Waals surface area contributed by atoms with Gasteiger partial charge in [-0.25, -0.2) is 4.98 Å². The first-order valence-corrected chi connectivity index (χ1v) is 10.1. The van der Waals surface area contributed by atoms with E-state index in [0.29, 0.717) is 5.56 Å². The van der Waals surface area contributed by atoms with Crippen LogP contribution in [-0.2, 0) is 0 Å². The molecule has 154 valence electrons. The molecule has 2 N–H and O–H groups in total. The van der Waals surface area contributed by atoms with Crippen molar-refractivity contribution in [1.82, 2.24) is 10.3 Å². The van der Waals surface area contributed by atoms with Crippen molar-refractivity contribution >= 4 is 17.4 Å². The lowest BCUT2D eigenvalue weighted by molar-refractivity contribution is 0.102. The number of rotatable bonds is 5. The van der Waals surface area contributed by atoms with Gasteiger partial charge < -0.3 is 20.3 Å². The number of piperazine rings is 1. The number of carbonyl (C=O) groups excluding carboxylic acids is 1. The highest BCUT2D eigenvalue weighted by Crippen LogP contribution is 2.30. The molecule has 0 bridgehead atoms. The van der Waals surface area contributed by atoms with E-state index in [1.165, 1.54) is 0 Å². The van der Waals surface area contributed by atoms with Crippen molar-refractivity contribution in [3.8, 4) is 16.9 Å². The van der Waals surface area contributed by atoms with Gasteiger partial charge in [-0.15, -0.1) is 0 Å². The predicted molar refractivity (Wildman–Crippen MR) is 120 cm³/mol. The molecule has 0 atom stereocenters. The molecule has 0 radical (unpaired) electrons. The Balaban J connectivity index is 1.50. The quantitative estimate of drug-likeness (QED) is 0.681. The molecule has 0 aliphatic carbocycles. The van der Waals surface area contributed by atoms with Crippen LogP contribution in [0.2, 0.25) is 0 Å². The molecule has 1 aromatic heterocycles. The number of hydrogen-bond donors (Lipinski definition) is 2. The maximum atomic E-state index is 12.8. The van der Waals surface area contributed by atoms with Gasteiger partial charge in [0, 0.05) is 38.1 Å². The van der Waals surface area contributed by atoms with E-state index in [0.717, 1.165) is 60.1 Å². The van der Waals surface area contributed by atoms with Crippen LogP contribution >= 0.6 is 0 Å². The number of carbonyl (C=O) groups is 1. The van der Waals surface area contributed by atoms with Gasteiger partial charge in [0.05, 0.1) is 12.7 Å². The molecule has 4 rings (SSSR count). The third-order valence-corrected chi connectivity index (χ3v) is 5.43. The lowest BCUT2D eigenvalue weighted by Crippen LogP contribution is -2.43. The summed E-state index contributed by atoms with van der Waals surface area (Å²) in [5.41, 5.74) is 4.50. The van der Waals surface area contributed by atoms with Gasteiger partial charge in [-0.3, -0.25) is 4.79 Å². The number of benzene rings is 2. The Kier molecular flexibility index (Phi) is 5.95. The van der Waals surface area contributed by atoms with Gasteiger partial charge in [0.25, 0.3) is 5.91 Å². The molecule has 2 aromatic carbocycles. The van der Waals surface area contributed by atoms with E-state index in [1.54, 1.807) is 13.3 Å². The summed E-state index contributed by atoms with van der Waals surface area (Å²) in [6, 6.07) is 17.6. The first-order chi connectivity index (χ1) is 14.7. The standard InChI is InChI=1S/C24H26N4O2/c1-17-21(18-6-9-20(30-2)10-7-18)4-3-5-22(17)27-24(29)19-8-11-23(26-16-19)28-14-12-25-13-15-28/h3-11,16,25H,12-15H2,1-2H3,(H,27,29). The Bertz CT molecular complexity index is 1010. The van der Waals surface area contributed by atoms with Crippen molar-refractivity contribution in [2.45, 2.75) is 6.92 Å². The smallest absolute Gasteiger partial charge is 0.257 e. The van der Waals surface area contributed by atoms with E-state index in [4.69, 9.17) is 4.74 Å². The van der Waals surface area contributed by atoms with Crippen molar-refractivity contribution in [3.63, 3.8) is 0 Å². The Labute approximate surface area is 176 Å². The molecule has 30 heavy (non-hydrogen) atoms. The Morgan fingerprint density at radius 1 is 1.07 bits per heavy atom. The third kappa shape index (κ3) is 4.28. The number of methoxy groups -OCH3 is 1. The van der Waals surface area contributed by atoms with Gasteiger partial charge in [0.15, 0.2) is 0 Å². The predicted octanol–water partition coefficient (Wildman–Crippen LogP) is 3.73. The first-order valence-electron chi connectivity index (χ1n) is 10.1. The van der Waals surface area contributed by atoms with E-state index >= 15 is 0 Å². The van der Waals surface area contributed by atoms with E-state index in [2.05, 4.69) is 26.6 Å². The minimum Gasteiger partial charge on any atom is -0.497 e. The van der Waals surface area contributed by atoms with Crippen LogP contribution in [0.5, 0.6) is 5.75 Å². The summed E-state index contributed by atoms with van der Waals surface area (Å²) in [7, 11) is 1.65. The third-order valence-electron chi connectivity index (χ3n) is 5.43. The maximum absolute atomic E-state index is 12.8. The highest BCUT2D eigenvalue weighted by molar-refractivity contribution is 6.05. The van der Waals surface area contributed by atoms with Crippen LogP contribution in [0.25, 0.3) is 11.1 Å². The summed E-state index contributed by atoms with van der Waals surface area (Å²) in [5, 5.41) is 6.36. The highest BCUT2D eigenvalue weighted by Gasteiger charge is 2.14. The van der Waals surface area contributed by atoms with Crippen molar-refractivity contribution in [2.75, 3.05) is 43.5 Å². The van der Waals surface area contributed by atoms with E-state index in [9.17, 15) is 4.79 Å². The van der Waals surface area contributed by atoms with E-state index < -0.39 is 0 Å². The lowest BCUT2D eigenvalue weighted by Gasteiger charge is -2.28. The summed E-state index contributed by atoms with van der Waals surface area (Å²) in [5.74, 6) is 1.56. The molecule has 1 amide bonds. The van der Waals surface area contributed by atoms with E-state index in [-0.39, 0.29) is 5.91 Å². The highest BCUT2D eigenvalue weighted by atomic mass is 16.5. The van der Waals surface area contributed by atoms with Crippen molar-refractivity contribution in [3.05, 3.63) is 71.9 Å². The van der Waals surface area contributed by atoms with Gasteiger partial charge >= 0.3 is 0 Å². The number of nitrogens with zero attached hydrogens (tertiary/aromatic N) is 2. The second-order valence-corrected chi connectivity index (χ2v) is 7.30. The summed E-state index contributed by atoms with van der Waals surface area (Å²) in [4.78, 5) is 19.5. The Morgan fingerprint density at radius 3 is 2.50 bits per heavy atom. The van der Waals surface area contributed by atoms with Gasteiger partial charge in [0.1, 0.15) is 11.6 Å². The average molecular weight is 402 g/mol. The number of amides is 1. The molecule has 0 saturated carbocycles. The lowest BCUT2D eigenvalue weighted by atomic mass is 9.99. The zero-order chi connectivity index (χ0) is 20.9. The zero-order valence-corrected chi connectivity index (χ0v) is 17.3. The SMILES string of the molecule is COc1ccc(-c2cccc(NC(=O)c3ccc(N4CCNCC4)nc3)c2C)cc1. The van der Waals surface area contributed by atoms with Gasteiger partial charge in [-0.05, 0) is 53.9 Å². The van der Waals surface area contributed by atoms with Crippen molar-refractivity contribution < 1.29 is 9.53 Å². The summed E-state index contributed by atoms with van der Waals surface area (Å²) >= 11 is 0. The number of nitrogens with one attached hydrogen (secondary N) is 2. The normalized spacial score (nSPS) is 13.7. The number of aromatic nitrogens is 1. The topological polar surface area (TPSA) is 66.5 Å². The van der Waals surface area contributed by atoms with Crippen molar-refractivity contribution in [1.29, 1.82) is 0 Å². The molecule has 0 unspecified atom stereocenters. The summed E-state index contributed by atoms with van der Waals surface area (Å²) in [6.07, 6.45) is 1.65. The summed E-state index contributed by atoms with van der Waals surface area (Å²) in [6.45, 7) is 5.77. The second kappa shape index (κ2) is 8.97. The molecular formula is C24H26N4O2. The number of pyridine rings is 1. The molecule has 0 spiro atoms. The molecule has 1 saturated heterocycles. The minimum absolute atomic E-state index is 0.163. The fraction of sp³-hybridized carbons (Fsp3) is 0.250. The molecule has 1 fully saturated rings. The minimum atomic E-state index is -0.163. The zero-order valence-electron chi connectivity index (χ0n) is 17.3. The van der Waals surface area contributed by atoms with Crippen molar-refractivity contribution in [2.24, 2.45) is 0 Å². The first kappa shape index (κ1) is 19.9. The van der Waals surface area contributed by atoms with E-state index in [1.807, 2.05) is 55.5 Å². The maximum Gasteiger partial charge on any atom is 0.257 e. The number of ether oxygens (including phenoxy) is 1. The van der Waals surface area contributed by atoms with Crippen LogP contribution in [0.1, 0.15) is 15.9 Å².